The van der Waals surface area contributed by atoms with Crippen molar-refractivity contribution in [2.45, 2.75) is 13.0 Å². The monoisotopic (exact) mass is 232 g/mol. The molecule has 3 heteroatoms. The first-order valence-electron chi connectivity index (χ1n) is 6.20. The molecule has 1 atom stereocenters. The van der Waals surface area contributed by atoms with E-state index in [1.54, 1.807) is 0 Å². The van der Waals surface area contributed by atoms with Crippen LogP contribution in [0.15, 0.2) is 30.3 Å². The molecule has 92 valence electrons. The second kappa shape index (κ2) is 5.43. The first-order chi connectivity index (χ1) is 8.18. The van der Waals surface area contributed by atoms with E-state index in [2.05, 4.69) is 16.8 Å². The van der Waals surface area contributed by atoms with Crippen LogP contribution in [0.1, 0.15) is 17.3 Å². The number of hydrogen-bond acceptors (Lipinski definition) is 3. The van der Waals surface area contributed by atoms with E-state index in [0.717, 1.165) is 31.7 Å². The molecule has 1 heterocycles. The molecule has 17 heavy (non-hydrogen) atoms. The smallest absolute Gasteiger partial charge is 0.179 e. The van der Waals surface area contributed by atoms with Crippen LogP contribution >= 0.6 is 0 Å². The van der Waals surface area contributed by atoms with Gasteiger partial charge in [0.15, 0.2) is 5.78 Å². The molecule has 3 nitrogen and oxygen atoms in total. The predicted molar refractivity (Wildman–Crippen MR) is 69.3 cm³/mol. The Balaban J connectivity index is 2.00. The molecule has 0 spiro atoms. The molecule has 0 aliphatic carbocycles. The summed E-state index contributed by atoms with van der Waals surface area (Å²) in [6.45, 7) is 6.08. The molecule has 0 saturated carbocycles. The SMILES string of the molecule is CC(C(=O)c1ccccc1)N1CCN(C)CC1. The van der Waals surface area contributed by atoms with Gasteiger partial charge in [-0.15, -0.1) is 0 Å². The maximum absolute atomic E-state index is 12.3. The lowest BCUT2D eigenvalue weighted by Crippen LogP contribution is -2.50. The highest BCUT2D eigenvalue weighted by molar-refractivity contribution is 5.99. The summed E-state index contributed by atoms with van der Waals surface area (Å²) < 4.78 is 0. The van der Waals surface area contributed by atoms with Crippen molar-refractivity contribution in [2.24, 2.45) is 0 Å². The van der Waals surface area contributed by atoms with Crippen LogP contribution in [-0.4, -0.2) is 54.9 Å². The highest BCUT2D eigenvalue weighted by Crippen LogP contribution is 2.11. The Morgan fingerprint density at radius 3 is 2.29 bits per heavy atom. The van der Waals surface area contributed by atoms with Crippen molar-refractivity contribution in [3.8, 4) is 0 Å². The Labute approximate surface area is 103 Å². The van der Waals surface area contributed by atoms with Gasteiger partial charge in [0, 0.05) is 31.7 Å². The average molecular weight is 232 g/mol. The van der Waals surface area contributed by atoms with E-state index < -0.39 is 0 Å². The van der Waals surface area contributed by atoms with Crippen LogP contribution in [0.3, 0.4) is 0 Å². The minimum atomic E-state index is -0.00824. The van der Waals surface area contributed by atoms with Crippen LogP contribution in [0.5, 0.6) is 0 Å². The topological polar surface area (TPSA) is 23.6 Å². The first kappa shape index (κ1) is 12.3. The summed E-state index contributed by atoms with van der Waals surface area (Å²) in [6.07, 6.45) is 0. The lowest BCUT2D eigenvalue weighted by Gasteiger charge is -2.35. The third-order valence-electron chi connectivity index (χ3n) is 3.52. The highest BCUT2D eigenvalue weighted by atomic mass is 16.1. The number of benzene rings is 1. The average Bonchev–Trinajstić information content (AvgIpc) is 2.39. The Kier molecular flexibility index (Phi) is 3.92. The fourth-order valence-electron chi connectivity index (χ4n) is 2.22. The fourth-order valence-corrected chi connectivity index (χ4v) is 2.22. The molecular weight excluding hydrogens is 212 g/mol. The predicted octanol–water partition coefficient (Wildman–Crippen LogP) is 1.51. The summed E-state index contributed by atoms with van der Waals surface area (Å²) in [7, 11) is 2.13. The molecular formula is C14H20N2O. The molecule has 1 unspecified atom stereocenters. The van der Waals surface area contributed by atoms with Gasteiger partial charge in [-0.05, 0) is 14.0 Å². The van der Waals surface area contributed by atoms with Gasteiger partial charge in [-0.3, -0.25) is 9.69 Å². The number of carbonyl (C=O) groups is 1. The van der Waals surface area contributed by atoms with E-state index in [1.165, 1.54) is 0 Å². The summed E-state index contributed by atoms with van der Waals surface area (Å²) in [5.41, 5.74) is 0.818. The molecule has 0 radical (unpaired) electrons. The van der Waals surface area contributed by atoms with Crippen LogP contribution in [0, 0.1) is 0 Å². The maximum atomic E-state index is 12.3. The van der Waals surface area contributed by atoms with E-state index in [1.807, 2.05) is 37.3 Å². The molecule has 1 fully saturated rings. The summed E-state index contributed by atoms with van der Waals surface area (Å²) in [4.78, 5) is 16.8. The molecule has 2 rings (SSSR count). The molecule has 1 aromatic carbocycles. The number of rotatable bonds is 3. The van der Waals surface area contributed by atoms with E-state index >= 15 is 0 Å². The largest absolute Gasteiger partial charge is 0.304 e. The van der Waals surface area contributed by atoms with Gasteiger partial charge in [0.25, 0.3) is 0 Å². The summed E-state index contributed by atoms with van der Waals surface area (Å²) in [5, 5.41) is 0. The molecule has 1 saturated heterocycles. The number of likely N-dealkylation sites (N-methyl/N-ethyl adjacent to an activating group) is 1. The van der Waals surface area contributed by atoms with Crippen molar-refractivity contribution in [3.05, 3.63) is 35.9 Å². The van der Waals surface area contributed by atoms with E-state index in [4.69, 9.17) is 0 Å². The molecule has 0 bridgehead atoms. The van der Waals surface area contributed by atoms with Gasteiger partial charge in [0.2, 0.25) is 0 Å². The van der Waals surface area contributed by atoms with Crippen molar-refractivity contribution in [1.29, 1.82) is 0 Å². The summed E-state index contributed by atoms with van der Waals surface area (Å²) in [6, 6.07) is 9.57. The number of nitrogens with zero attached hydrogens (tertiary/aromatic N) is 2. The quantitative estimate of drug-likeness (QED) is 0.738. The number of ketones is 1. The molecule has 1 aromatic rings. The van der Waals surface area contributed by atoms with Crippen LogP contribution in [0.4, 0.5) is 0 Å². The van der Waals surface area contributed by atoms with Crippen LogP contribution < -0.4 is 0 Å². The lowest BCUT2D eigenvalue weighted by molar-refractivity contribution is 0.0738. The molecule has 1 aliphatic rings. The van der Waals surface area contributed by atoms with E-state index in [0.29, 0.717) is 0 Å². The zero-order valence-electron chi connectivity index (χ0n) is 10.6. The molecule has 0 amide bonds. The summed E-state index contributed by atoms with van der Waals surface area (Å²) >= 11 is 0. The zero-order chi connectivity index (χ0) is 12.3. The van der Waals surface area contributed by atoms with Gasteiger partial charge in [-0.2, -0.15) is 0 Å². The van der Waals surface area contributed by atoms with Crippen molar-refractivity contribution < 1.29 is 4.79 Å². The zero-order valence-corrected chi connectivity index (χ0v) is 10.6. The van der Waals surface area contributed by atoms with Gasteiger partial charge >= 0.3 is 0 Å². The van der Waals surface area contributed by atoms with Gasteiger partial charge in [-0.25, -0.2) is 0 Å². The Hall–Kier alpha value is -1.19. The first-order valence-corrected chi connectivity index (χ1v) is 6.20. The molecule has 0 aromatic heterocycles. The minimum absolute atomic E-state index is 0.00824. The third kappa shape index (κ3) is 2.93. The molecule has 0 N–H and O–H groups in total. The maximum Gasteiger partial charge on any atom is 0.179 e. The van der Waals surface area contributed by atoms with Crippen molar-refractivity contribution in [1.82, 2.24) is 9.80 Å². The van der Waals surface area contributed by atoms with Crippen molar-refractivity contribution in [3.63, 3.8) is 0 Å². The standard InChI is InChI=1S/C14H20N2O/c1-12(16-10-8-15(2)9-11-16)14(17)13-6-4-3-5-7-13/h3-7,12H,8-11H2,1-2H3. The van der Waals surface area contributed by atoms with Crippen LogP contribution in [0.2, 0.25) is 0 Å². The summed E-state index contributed by atoms with van der Waals surface area (Å²) in [5.74, 6) is 0.232. The number of hydrogen-bond donors (Lipinski definition) is 0. The number of piperazine rings is 1. The third-order valence-corrected chi connectivity index (χ3v) is 3.52. The van der Waals surface area contributed by atoms with Gasteiger partial charge < -0.3 is 4.90 Å². The Morgan fingerprint density at radius 2 is 1.71 bits per heavy atom. The van der Waals surface area contributed by atoms with Gasteiger partial charge in [-0.1, -0.05) is 30.3 Å². The van der Waals surface area contributed by atoms with Crippen LogP contribution in [-0.2, 0) is 0 Å². The highest BCUT2D eigenvalue weighted by Gasteiger charge is 2.24. The number of carbonyl (C=O) groups excluding carboxylic acids is 1. The van der Waals surface area contributed by atoms with Crippen molar-refractivity contribution in [2.75, 3.05) is 33.2 Å². The molecule has 1 aliphatic heterocycles. The van der Waals surface area contributed by atoms with E-state index in [9.17, 15) is 4.79 Å². The van der Waals surface area contributed by atoms with Gasteiger partial charge in [0.05, 0.1) is 6.04 Å². The second-order valence-electron chi connectivity index (χ2n) is 4.75. The Bertz CT molecular complexity index is 369. The Morgan fingerprint density at radius 1 is 1.12 bits per heavy atom. The van der Waals surface area contributed by atoms with E-state index in [-0.39, 0.29) is 11.8 Å². The fraction of sp³-hybridized carbons (Fsp3) is 0.500. The normalized spacial score (nSPS) is 20.1. The second-order valence-corrected chi connectivity index (χ2v) is 4.75. The van der Waals surface area contributed by atoms with Crippen molar-refractivity contribution >= 4 is 5.78 Å². The lowest BCUT2D eigenvalue weighted by atomic mass is 10.0. The minimum Gasteiger partial charge on any atom is -0.304 e. The van der Waals surface area contributed by atoms with Crippen LogP contribution in [0.25, 0.3) is 0 Å². The van der Waals surface area contributed by atoms with Gasteiger partial charge in [0.1, 0.15) is 0 Å². The number of Topliss-reactive ketones (excluding diaryl/α,β-unsaturated/α-hetero) is 1.